The van der Waals surface area contributed by atoms with Gasteiger partial charge in [0.1, 0.15) is 29.4 Å². The summed E-state index contributed by atoms with van der Waals surface area (Å²) in [6.07, 6.45) is -1.46. The van der Waals surface area contributed by atoms with Crippen LogP contribution in [0, 0.1) is 17.8 Å². The quantitative estimate of drug-likeness (QED) is 0.194. The van der Waals surface area contributed by atoms with E-state index in [0.29, 0.717) is 18.4 Å². The standard InChI is InChI=1S/C40H57F3N6O8/c1-39(2,3)57-38(56)47-31(24-15-11-8-12-16-24)37(55)49-22-25-19-40(4,43)20-26(25)32(49)34(52)45-27(17-18-28(41)42)33(51)35(53)44-21-29(50)46-30(36(54)48(5)6)23-13-9-7-10-14-23/h7,9-10,13-14,24-28,30-32H,8,11-12,15-22H2,1-6H3,(H,44,53)(H,45,52)(H,46,50)(H,47,56)/t25-,26-,27?,30-,31-,32-,40?/m0/s1. The third-order valence-electron chi connectivity index (χ3n) is 10.8. The molecular weight excluding hydrogens is 749 g/mol. The monoisotopic (exact) mass is 806 g/mol. The first-order chi connectivity index (χ1) is 26.7. The van der Waals surface area contributed by atoms with E-state index < -0.39 is 114 Å². The highest BCUT2D eigenvalue weighted by atomic mass is 19.3. The van der Waals surface area contributed by atoms with Crippen LogP contribution < -0.4 is 21.3 Å². The van der Waals surface area contributed by atoms with Gasteiger partial charge in [-0.3, -0.25) is 28.8 Å². The molecule has 17 heteroatoms. The number of hydrogen-bond donors (Lipinski definition) is 4. The number of likely N-dealkylation sites (N-methyl/N-ethyl adjacent to an activating group) is 1. The number of alkyl carbamates (subject to hydrolysis) is 1. The SMILES string of the molecule is CN(C)C(=O)[C@@H](NC(=O)CNC(=O)C(=O)C(CCC(F)F)NC(=O)[C@@H]1[C@H]2CC(C)(F)C[C@H]2CN1C(=O)[C@@H](NC(=O)OC(C)(C)C)C1CCCCC1)c1ccccc1. The maximum Gasteiger partial charge on any atom is 0.408 e. The molecular formula is C40H57F3N6O8. The van der Waals surface area contributed by atoms with Crippen LogP contribution in [0.3, 0.4) is 0 Å². The van der Waals surface area contributed by atoms with Crippen molar-refractivity contribution in [1.82, 2.24) is 31.1 Å². The molecule has 1 aromatic rings. The van der Waals surface area contributed by atoms with Crippen LogP contribution in [0.5, 0.6) is 0 Å². The summed E-state index contributed by atoms with van der Waals surface area (Å²) in [5.41, 5.74) is -2.07. The topological polar surface area (TPSA) is 183 Å². The fraction of sp³-hybridized carbons (Fsp3) is 0.675. The number of likely N-dealkylation sites (tertiary alicyclic amines) is 1. The van der Waals surface area contributed by atoms with E-state index in [2.05, 4.69) is 21.3 Å². The molecule has 57 heavy (non-hydrogen) atoms. The zero-order valence-electron chi connectivity index (χ0n) is 33.6. The van der Waals surface area contributed by atoms with E-state index in [1.54, 1.807) is 51.1 Å². The van der Waals surface area contributed by atoms with Gasteiger partial charge in [-0.05, 0) is 83.1 Å². The van der Waals surface area contributed by atoms with E-state index in [-0.39, 0.29) is 25.3 Å². The molecule has 316 valence electrons. The van der Waals surface area contributed by atoms with Crippen molar-refractivity contribution in [1.29, 1.82) is 0 Å². The summed E-state index contributed by atoms with van der Waals surface area (Å²) in [6, 6.07) is 3.00. The molecule has 2 saturated carbocycles. The molecule has 0 aromatic heterocycles. The van der Waals surface area contributed by atoms with Crippen molar-refractivity contribution in [3.63, 3.8) is 0 Å². The van der Waals surface area contributed by atoms with Crippen LogP contribution >= 0.6 is 0 Å². The predicted molar refractivity (Wildman–Crippen MR) is 202 cm³/mol. The van der Waals surface area contributed by atoms with Crippen LogP contribution in [-0.4, -0.2) is 114 Å². The Morgan fingerprint density at radius 2 is 1.58 bits per heavy atom. The van der Waals surface area contributed by atoms with Crippen LogP contribution in [0.2, 0.25) is 0 Å². The molecule has 0 spiro atoms. The van der Waals surface area contributed by atoms with Crippen molar-refractivity contribution in [3.8, 4) is 0 Å². The minimum Gasteiger partial charge on any atom is -0.444 e. The minimum atomic E-state index is -2.90. The Morgan fingerprint density at radius 1 is 0.930 bits per heavy atom. The lowest BCUT2D eigenvalue weighted by Crippen LogP contribution is -2.59. The normalized spacial score (nSPS) is 23.8. The number of fused-ring (bicyclic) bond motifs is 1. The Morgan fingerprint density at radius 3 is 2.18 bits per heavy atom. The lowest BCUT2D eigenvalue weighted by atomic mass is 9.83. The van der Waals surface area contributed by atoms with Gasteiger partial charge in [-0.15, -0.1) is 0 Å². The molecule has 4 N–H and O–H groups in total. The van der Waals surface area contributed by atoms with Crippen molar-refractivity contribution in [2.45, 2.75) is 127 Å². The average Bonchev–Trinajstić information content (AvgIpc) is 3.63. The lowest BCUT2D eigenvalue weighted by molar-refractivity contribution is -0.144. The second kappa shape index (κ2) is 19.2. The highest BCUT2D eigenvalue weighted by Gasteiger charge is 2.57. The highest BCUT2D eigenvalue weighted by Crippen LogP contribution is 2.49. The van der Waals surface area contributed by atoms with Crippen molar-refractivity contribution in [2.24, 2.45) is 17.8 Å². The fourth-order valence-corrected chi connectivity index (χ4v) is 8.26. The number of rotatable bonds is 15. The second-order valence-electron chi connectivity index (χ2n) is 16.9. The number of amides is 6. The third-order valence-corrected chi connectivity index (χ3v) is 10.8. The van der Waals surface area contributed by atoms with Crippen LogP contribution in [0.15, 0.2) is 30.3 Å². The molecule has 1 aromatic carbocycles. The third kappa shape index (κ3) is 12.4. The summed E-state index contributed by atoms with van der Waals surface area (Å²) < 4.78 is 47.9. The average molecular weight is 807 g/mol. The van der Waals surface area contributed by atoms with Gasteiger partial charge in [0, 0.05) is 27.1 Å². The number of hydrogen-bond acceptors (Lipinski definition) is 8. The van der Waals surface area contributed by atoms with E-state index in [1.165, 1.54) is 30.8 Å². The second-order valence-corrected chi connectivity index (χ2v) is 16.9. The number of nitrogens with one attached hydrogen (secondary N) is 4. The molecule has 1 aliphatic heterocycles. The molecule has 6 amide bonds. The van der Waals surface area contributed by atoms with Gasteiger partial charge in [-0.2, -0.15) is 0 Å². The summed E-state index contributed by atoms with van der Waals surface area (Å²) >= 11 is 0. The maximum atomic E-state index is 15.4. The van der Waals surface area contributed by atoms with Gasteiger partial charge >= 0.3 is 6.09 Å². The number of carbonyl (C=O) groups excluding carboxylic acids is 7. The van der Waals surface area contributed by atoms with Gasteiger partial charge in [0.15, 0.2) is 0 Å². The number of alkyl halides is 3. The summed E-state index contributed by atoms with van der Waals surface area (Å²) in [5.74, 6) is -6.91. The van der Waals surface area contributed by atoms with Gasteiger partial charge < -0.3 is 35.8 Å². The Hall–Kier alpha value is -4.70. The Kier molecular flexibility index (Phi) is 15.1. The number of halogens is 3. The Labute approximate surface area is 331 Å². The number of ether oxygens (including phenoxy) is 1. The largest absolute Gasteiger partial charge is 0.444 e. The molecule has 1 saturated heterocycles. The van der Waals surface area contributed by atoms with Crippen LogP contribution in [0.1, 0.15) is 97.1 Å². The molecule has 0 radical (unpaired) electrons. The Balaban J connectivity index is 1.53. The lowest BCUT2D eigenvalue weighted by Gasteiger charge is -2.36. The zero-order valence-corrected chi connectivity index (χ0v) is 33.6. The van der Waals surface area contributed by atoms with Gasteiger partial charge in [0.2, 0.25) is 35.8 Å². The number of benzene rings is 1. The number of Topliss-reactive ketones (excluding diaryl/α,β-unsaturated/α-hetero) is 1. The van der Waals surface area contributed by atoms with Crippen molar-refractivity contribution < 1.29 is 51.5 Å². The predicted octanol–water partition coefficient (Wildman–Crippen LogP) is 3.59. The maximum absolute atomic E-state index is 15.4. The molecule has 0 bridgehead atoms. The molecule has 4 rings (SSSR count). The first-order valence-corrected chi connectivity index (χ1v) is 19.6. The highest BCUT2D eigenvalue weighted by molar-refractivity contribution is 6.38. The molecule has 2 aliphatic carbocycles. The van der Waals surface area contributed by atoms with E-state index in [0.717, 1.165) is 19.3 Å². The van der Waals surface area contributed by atoms with Crippen LogP contribution in [0.25, 0.3) is 0 Å². The van der Waals surface area contributed by atoms with Gasteiger partial charge in [-0.1, -0.05) is 49.6 Å². The smallest absolute Gasteiger partial charge is 0.408 e. The van der Waals surface area contributed by atoms with Crippen molar-refractivity contribution in [2.75, 3.05) is 27.2 Å². The van der Waals surface area contributed by atoms with E-state index in [9.17, 15) is 42.3 Å². The van der Waals surface area contributed by atoms with Crippen molar-refractivity contribution in [3.05, 3.63) is 35.9 Å². The fourth-order valence-electron chi connectivity index (χ4n) is 8.26. The molecule has 2 unspecified atom stereocenters. The molecule has 3 aliphatic rings. The minimum absolute atomic E-state index is 0.0220. The molecule has 1 heterocycles. The van der Waals surface area contributed by atoms with E-state index in [1.807, 2.05) is 0 Å². The zero-order chi connectivity index (χ0) is 42.2. The van der Waals surface area contributed by atoms with Gasteiger partial charge in [0.05, 0.1) is 12.6 Å². The first kappa shape index (κ1) is 45.0. The van der Waals surface area contributed by atoms with E-state index >= 15 is 4.39 Å². The molecule has 3 fully saturated rings. The summed E-state index contributed by atoms with van der Waals surface area (Å²) in [7, 11) is 3.00. The summed E-state index contributed by atoms with van der Waals surface area (Å²) in [6.45, 7) is 5.65. The van der Waals surface area contributed by atoms with Crippen molar-refractivity contribution >= 4 is 41.4 Å². The first-order valence-electron chi connectivity index (χ1n) is 19.6. The van der Waals surface area contributed by atoms with Gasteiger partial charge in [-0.25, -0.2) is 18.0 Å². The molecule has 7 atom stereocenters. The number of nitrogens with zero attached hydrogens (tertiary/aromatic N) is 2. The number of ketones is 1. The van der Waals surface area contributed by atoms with Crippen LogP contribution in [-0.2, 0) is 33.5 Å². The summed E-state index contributed by atoms with van der Waals surface area (Å²) in [4.78, 5) is 96.6. The van der Waals surface area contributed by atoms with E-state index in [4.69, 9.17) is 4.74 Å². The molecule has 14 nitrogen and oxygen atoms in total. The Bertz CT molecular complexity index is 1630. The number of carbonyl (C=O) groups is 7. The van der Waals surface area contributed by atoms with Crippen LogP contribution in [0.4, 0.5) is 18.0 Å². The summed E-state index contributed by atoms with van der Waals surface area (Å²) in [5, 5.41) is 9.81. The van der Waals surface area contributed by atoms with Gasteiger partial charge in [0.25, 0.3) is 5.91 Å².